The molecule has 0 N–H and O–H groups in total. The van der Waals surface area contributed by atoms with Gasteiger partial charge in [-0.1, -0.05) is 43.4 Å². The molecule has 0 saturated heterocycles. The number of benzene rings is 1. The maximum Gasteiger partial charge on any atom is 0.338 e. The lowest BCUT2D eigenvalue weighted by atomic mass is 10.1. The van der Waals surface area contributed by atoms with Crippen molar-refractivity contribution >= 4 is 5.97 Å². The second-order valence-corrected chi connectivity index (χ2v) is 5.92. The summed E-state index contributed by atoms with van der Waals surface area (Å²) in [6, 6.07) is 5.11. The lowest BCUT2D eigenvalue weighted by molar-refractivity contribution is 0.0597. The van der Waals surface area contributed by atoms with Crippen LogP contribution in [0.15, 0.2) is 54.7 Å². The molecule has 0 radical (unpaired) electrons. The van der Waals surface area contributed by atoms with Crippen LogP contribution >= 0.6 is 0 Å². The SMILES string of the molecule is CCC(COC)Oc1cc(OCC2C=CC=CC=C2)cc(C(=O)OC)c1. The second-order valence-electron chi connectivity index (χ2n) is 5.92. The highest BCUT2D eigenvalue weighted by Gasteiger charge is 2.14. The molecule has 26 heavy (non-hydrogen) atoms. The zero-order valence-electron chi connectivity index (χ0n) is 15.5. The summed E-state index contributed by atoms with van der Waals surface area (Å²) in [5.41, 5.74) is 0.390. The fraction of sp³-hybridized carbons (Fsp3) is 0.381. The third-order valence-electron chi connectivity index (χ3n) is 3.90. The molecule has 5 nitrogen and oxygen atoms in total. The van der Waals surface area contributed by atoms with Gasteiger partial charge in [0.1, 0.15) is 17.6 Å². The van der Waals surface area contributed by atoms with E-state index in [2.05, 4.69) is 12.2 Å². The van der Waals surface area contributed by atoms with Gasteiger partial charge in [-0.2, -0.15) is 0 Å². The molecule has 1 aliphatic rings. The third kappa shape index (κ3) is 6.08. The maximum absolute atomic E-state index is 12.0. The highest BCUT2D eigenvalue weighted by molar-refractivity contribution is 5.90. The number of rotatable bonds is 9. The van der Waals surface area contributed by atoms with Crippen LogP contribution < -0.4 is 9.47 Å². The number of carbonyl (C=O) groups is 1. The Morgan fingerprint density at radius 3 is 2.35 bits per heavy atom. The number of ether oxygens (including phenoxy) is 4. The summed E-state index contributed by atoms with van der Waals surface area (Å²) in [7, 11) is 2.98. The molecule has 0 fully saturated rings. The number of allylic oxidation sites excluding steroid dienone is 4. The molecule has 0 aliphatic heterocycles. The fourth-order valence-corrected chi connectivity index (χ4v) is 2.48. The standard InChI is InChI=1S/C21H26O5/c1-4-18(15-23-2)26-20-12-17(21(22)24-3)11-19(13-20)25-14-16-9-7-5-6-8-10-16/h5-13,16,18H,4,14-15H2,1-3H3. The molecule has 0 amide bonds. The molecular formula is C21H26O5. The van der Waals surface area contributed by atoms with E-state index in [1.807, 2.05) is 31.2 Å². The van der Waals surface area contributed by atoms with Crippen molar-refractivity contribution in [2.45, 2.75) is 19.4 Å². The van der Waals surface area contributed by atoms with Crippen LogP contribution in [0.25, 0.3) is 0 Å². The summed E-state index contributed by atoms with van der Waals surface area (Å²) in [5.74, 6) is 0.848. The molecule has 5 heteroatoms. The summed E-state index contributed by atoms with van der Waals surface area (Å²) in [6.07, 6.45) is 12.7. The van der Waals surface area contributed by atoms with E-state index in [0.717, 1.165) is 6.42 Å². The third-order valence-corrected chi connectivity index (χ3v) is 3.90. The molecule has 1 aliphatic carbocycles. The number of carbonyl (C=O) groups excluding carboxylic acids is 1. The van der Waals surface area contributed by atoms with Crippen LogP contribution in [0.2, 0.25) is 0 Å². The van der Waals surface area contributed by atoms with Crippen LogP contribution in [-0.2, 0) is 9.47 Å². The largest absolute Gasteiger partial charge is 0.492 e. The fourth-order valence-electron chi connectivity index (χ4n) is 2.48. The summed E-state index contributed by atoms with van der Waals surface area (Å²) < 4.78 is 21.8. The Balaban J connectivity index is 2.15. The normalized spacial score (nSPS) is 14.7. The van der Waals surface area contributed by atoms with Gasteiger partial charge in [0.05, 0.1) is 25.9 Å². The Morgan fingerprint density at radius 2 is 1.73 bits per heavy atom. The van der Waals surface area contributed by atoms with Crippen LogP contribution in [0.3, 0.4) is 0 Å². The first-order valence-electron chi connectivity index (χ1n) is 8.69. The molecular weight excluding hydrogens is 332 g/mol. The Kier molecular flexibility index (Phi) is 7.96. The maximum atomic E-state index is 12.0. The molecule has 0 saturated carbocycles. The van der Waals surface area contributed by atoms with Gasteiger partial charge in [0.25, 0.3) is 0 Å². The van der Waals surface area contributed by atoms with Gasteiger partial charge in [0, 0.05) is 19.1 Å². The number of methoxy groups -OCH3 is 2. The molecule has 2 rings (SSSR count). The van der Waals surface area contributed by atoms with Gasteiger partial charge in [-0.05, 0) is 18.6 Å². The zero-order valence-corrected chi connectivity index (χ0v) is 15.5. The van der Waals surface area contributed by atoms with Crippen molar-refractivity contribution < 1.29 is 23.7 Å². The van der Waals surface area contributed by atoms with Gasteiger partial charge >= 0.3 is 5.97 Å². The summed E-state index contributed by atoms with van der Waals surface area (Å²) in [5, 5.41) is 0. The smallest absolute Gasteiger partial charge is 0.338 e. The molecule has 1 aromatic rings. The number of hydrogen-bond acceptors (Lipinski definition) is 5. The van der Waals surface area contributed by atoms with E-state index in [9.17, 15) is 4.79 Å². The summed E-state index contributed by atoms with van der Waals surface area (Å²) in [6.45, 7) is 2.96. The number of esters is 1. The molecule has 0 heterocycles. The molecule has 1 unspecified atom stereocenters. The minimum atomic E-state index is -0.432. The number of hydrogen-bond donors (Lipinski definition) is 0. The van der Waals surface area contributed by atoms with E-state index in [4.69, 9.17) is 18.9 Å². The van der Waals surface area contributed by atoms with E-state index < -0.39 is 5.97 Å². The van der Waals surface area contributed by atoms with Gasteiger partial charge < -0.3 is 18.9 Å². The van der Waals surface area contributed by atoms with Crippen molar-refractivity contribution in [3.05, 3.63) is 60.2 Å². The van der Waals surface area contributed by atoms with Crippen molar-refractivity contribution in [1.82, 2.24) is 0 Å². The van der Waals surface area contributed by atoms with E-state index in [0.29, 0.717) is 30.3 Å². The van der Waals surface area contributed by atoms with Gasteiger partial charge in [0.15, 0.2) is 0 Å². The van der Waals surface area contributed by atoms with Crippen molar-refractivity contribution in [2.24, 2.45) is 5.92 Å². The zero-order chi connectivity index (χ0) is 18.8. The Bertz CT molecular complexity index is 659. The topological polar surface area (TPSA) is 54.0 Å². The van der Waals surface area contributed by atoms with Crippen LogP contribution in [0.4, 0.5) is 0 Å². The quantitative estimate of drug-likeness (QED) is 0.626. The van der Waals surface area contributed by atoms with Crippen molar-refractivity contribution in [2.75, 3.05) is 27.4 Å². The first-order chi connectivity index (χ1) is 12.7. The predicted octanol–water partition coefficient (Wildman–Crippen LogP) is 3.95. The molecule has 1 aromatic carbocycles. The van der Waals surface area contributed by atoms with Crippen molar-refractivity contribution in [3.63, 3.8) is 0 Å². The van der Waals surface area contributed by atoms with Crippen LogP contribution in [0.5, 0.6) is 11.5 Å². The van der Waals surface area contributed by atoms with Crippen LogP contribution in [-0.4, -0.2) is 39.5 Å². The Labute approximate surface area is 154 Å². The Morgan fingerprint density at radius 1 is 1.04 bits per heavy atom. The van der Waals surface area contributed by atoms with Gasteiger partial charge in [0.2, 0.25) is 0 Å². The second kappa shape index (κ2) is 10.5. The average Bonchev–Trinajstić information content (AvgIpc) is 2.94. The first-order valence-corrected chi connectivity index (χ1v) is 8.69. The van der Waals surface area contributed by atoms with Crippen molar-refractivity contribution in [3.8, 4) is 11.5 Å². The first kappa shape index (κ1) is 19.8. The monoisotopic (exact) mass is 358 g/mol. The molecule has 0 bridgehead atoms. The van der Waals surface area contributed by atoms with E-state index >= 15 is 0 Å². The van der Waals surface area contributed by atoms with E-state index in [-0.39, 0.29) is 12.0 Å². The van der Waals surface area contributed by atoms with Gasteiger partial charge in [-0.3, -0.25) is 0 Å². The molecule has 0 spiro atoms. The lowest BCUT2D eigenvalue weighted by Gasteiger charge is -2.18. The molecule has 1 atom stereocenters. The minimum Gasteiger partial charge on any atom is -0.492 e. The molecule has 140 valence electrons. The lowest BCUT2D eigenvalue weighted by Crippen LogP contribution is -2.21. The van der Waals surface area contributed by atoms with E-state index in [1.54, 1.807) is 25.3 Å². The van der Waals surface area contributed by atoms with Crippen LogP contribution in [0, 0.1) is 5.92 Å². The highest BCUT2D eigenvalue weighted by Crippen LogP contribution is 2.26. The summed E-state index contributed by atoms with van der Waals surface area (Å²) in [4.78, 5) is 12.0. The Hall–Kier alpha value is -2.53. The molecule has 0 aromatic heterocycles. The highest BCUT2D eigenvalue weighted by atomic mass is 16.5. The predicted molar refractivity (Wildman–Crippen MR) is 101 cm³/mol. The van der Waals surface area contributed by atoms with Gasteiger partial charge in [-0.15, -0.1) is 0 Å². The van der Waals surface area contributed by atoms with E-state index in [1.165, 1.54) is 7.11 Å². The minimum absolute atomic E-state index is 0.0976. The van der Waals surface area contributed by atoms with Gasteiger partial charge in [-0.25, -0.2) is 4.79 Å². The average molecular weight is 358 g/mol. The summed E-state index contributed by atoms with van der Waals surface area (Å²) >= 11 is 0. The van der Waals surface area contributed by atoms with Crippen molar-refractivity contribution in [1.29, 1.82) is 0 Å². The van der Waals surface area contributed by atoms with Crippen LogP contribution in [0.1, 0.15) is 23.7 Å².